The summed E-state index contributed by atoms with van der Waals surface area (Å²) in [6, 6.07) is 12.1. The largest absolute Gasteiger partial charge is 0.494 e. The van der Waals surface area contributed by atoms with E-state index in [1.165, 1.54) is 24.3 Å². The highest BCUT2D eigenvalue weighted by Gasteiger charge is 2.48. The molecule has 1 aliphatic heterocycles. The molecule has 2 aromatic rings. The molecule has 1 heterocycles. The molecule has 9 nitrogen and oxygen atoms in total. The predicted molar refractivity (Wildman–Crippen MR) is 104 cm³/mol. The number of benzene rings is 2. The molecule has 0 spiro atoms. The van der Waals surface area contributed by atoms with Crippen molar-refractivity contribution in [2.45, 2.75) is 19.4 Å². The van der Waals surface area contributed by atoms with Gasteiger partial charge < -0.3 is 14.8 Å². The Bertz CT molecular complexity index is 913. The summed E-state index contributed by atoms with van der Waals surface area (Å²) in [5.41, 5.74) is -0.906. The molecule has 1 aliphatic rings. The van der Waals surface area contributed by atoms with Gasteiger partial charge >= 0.3 is 6.03 Å². The van der Waals surface area contributed by atoms with Crippen molar-refractivity contribution in [3.05, 3.63) is 64.2 Å². The second-order valence-electron chi connectivity index (χ2n) is 6.57. The highest BCUT2D eigenvalue weighted by molar-refractivity contribution is 6.07. The van der Waals surface area contributed by atoms with Crippen LogP contribution in [0.2, 0.25) is 0 Å². The number of nitro groups is 1. The molecule has 0 radical (unpaired) electrons. The van der Waals surface area contributed by atoms with Crippen LogP contribution in [0, 0.1) is 10.1 Å². The van der Waals surface area contributed by atoms with Crippen molar-refractivity contribution in [1.82, 2.24) is 10.2 Å². The van der Waals surface area contributed by atoms with Crippen molar-refractivity contribution in [2.24, 2.45) is 0 Å². The van der Waals surface area contributed by atoms with Gasteiger partial charge in [-0.2, -0.15) is 0 Å². The zero-order valence-electron chi connectivity index (χ0n) is 16.1. The molecule has 1 saturated heterocycles. The second kappa shape index (κ2) is 8.17. The fraction of sp³-hybridized carbons (Fsp3) is 0.300. The van der Waals surface area contributed by atoms with E-state index in [4.69, 9.17) is 9.47 Å². The molecular weight excluding hydrogens is 378 g/mol. The average Bonchev–Trinajstić information content (AvgIpc) is 2.93. The Labute approximate surface area is 167 Å². The lowest BCUT2D eigenvalue weighted by Crippen LogP contribution is -2.41. The smallest absolute Gasteiger partial charge is 0.325 e. The number of ether oxygens (including phenoxy) is 2. The molecule has 0 aliphatic carbocycles. The van der Waals surface area contributed by atoms with E-state index in [0.29, 0.717) is 17.9 Å². The summed E-state index contributed by atoms with van der Waals surface area (Å²) in [5, 5.41) is 13.5. The number of amides is 3. The van der Waals surface area contributed by atoms with Gasteiger partial charge in [-0.05, 0) is 55.8 Å². The van der Waals surface area contributed by atoms with Crippen LogP contribution < -0.4 is 14.8 Å². The van der Waals surface area contributed by atoms with Crippen molar-refractivity contribution in [2.75, 3.05) is 19.8 Å². The third-order valence-corrected chi connectivity index (χ3v) is 4.65. The summed E-state index contributed by atoms with van der Waals surface area (Å²) in [5.74, 6) is 0.887. The van der Waals surface area contributed by atoms with Gasteiger partial charge in [-0.15, -0.1) is 0 Å². The number of imide groups is 1. The SMILES string of the molecule is CCOc1ccc(OCCN2C(=O)N[C@@](C)(c3ccc([N+](=O)[O-])cc3)C2=O)cc1. The van der Waals surface area contributed by atoms with Crippen LogP contribution in [0.4, 0.5) is 10.5 Å². The third kappa shape index (κ3) is 4.13. The number of carbonyl (C=O) groups is 2. The Morgan fingerprint density at radius 1 is 1.03 bits per heavy atom. The van der Waals surface area contributed by atoms with Gasteiger partial charge in [0, 0.05) is 12.1 Å². The van der Waals surface area contributed by atoms with Crippen LogP contribution in [0.5, 0.6) is 11.5 Å². The minimum Gasteiger partial charge on any atom is -0.494 e. The Morgan fingerprint density at radius 2 is 1.62 bits per heavy atom. The van der Waals surface area contributed by atoms with Gasteiger partial charge in [0.05, 0.1) is 18.1 Å². The first-order chi connectivity index (χ1) is 13.8. The molecule has 1 N–H and O–H groups in total. The summed E-state index contributed by atoms with van der Waals surface area (Å²) in [6.45, 7) is 4.23. The number of hydrogen-bond donors (Lipinski definition) is 1. The maximum atomic E-state index is 12.9. The number of nitrogens with one attached hydrogen (secondary N) is 1. The second-order valence-corrected chi connectivity index (χ2v) is 6.57. The van der Waals surface area contributed by atoms with Crippen molar-refractivity contribution < 1.29 is 24.0 Å². The molecule has 29 heavy (non-hydrogen) atoms. The van der Waals surface area contributed by atoms with Gasteiger partial charge in [-0.25, -0.2) is 4.79 Å². The van der Waals surface area contributed by atoms with E-state index in [0.717, 1.165) is 10.6 Å². The maximum absolute atomic E-state index is 12.9. The van der Waals surface area contributed by atoms with E-state index >= 15 is 0 Å². The molecule has 9 heteroatoms. The van der Waals surface area contributed by atoms with E-state index in [1.807, 2.05) is 6.92 Å². The van der Waals surface area contributed by atoms with E-state index in [2.05, 4.69) is 5.32 Å². The van der Waals surface area contributed by atoms with Crippen LogP contribution in [0.1, 0.15) is 19.4 Å². The minimum absolute atomic E-state index is 0.0699. The zero-order valence-corrected chi connectivity index (χ0v) is 16.1. The summed E-state index contributed by atoms with van der Waals surface area (Å²) in [4.78, 5) is 36.5. The van der Waals surface area contributed by atoms with E-state index in [-0.39, 0.29) is 18.8 Å². The van der Waals surface area contributed by atoms with Crippen molar-refractivity contribution in [3.8, 4) is 11.5 Å². The topological polar surface area (TPSA) is 111 Å². The predicted octanol–water partition coefficient (Wildman–Crippen LogP) is 2.84. The molecule has 2 aromatic carbocycles. The minimum atomic E-state index is -1.29. The van der Waals surface area contributed by atoms with Crippen LogP contribution in [-0.2, 0) is 10.3 Å². The molecule has 1 atom stereocenters. The Balaban J connectivity index is 1.63. The molecule has 0 unspecified atom stereocenters. The van der Waals surface area contributed by atoms with E-state index in [9.17, 15) is 19.7 Å². The standard InChI is InChI=1S/C20H21N3O6/c1-3-28-16-8-10-17(11-9-16)29-13-12-22-18(24)20(2,21-19(22)25)14-4-6-15(7-5-14)23(26)27/h4-11H,3,12-13H2,1-2H3,(H,21,25)/t20-/m0/s1. The summed E-state index contributed by atoms with van der Waals surface area (Å²) < 4.78 is 11.0. The van der Waals surface area contributed by atoms with E-state index < -0.39 is 22.4 Å². The van der Waals surface area contributed by atoms with Gasteiger partial charge in [0.1, 0.15) is 23.6 Å². The van der Waals surface area contributed by atoms with Crippen molar-refractivity contribution in [1.29, 1.82) is 0 Å². The quantitative estimate of drug-likeness (QED) is 0.415. The molecule has 0 saturated carbocycles. The van der Waals surface area contributed by atoms with Crippen LogP contribution in [0.25, 0.3) is 0 Å². The fourth-order valence-electron chi connectivity index (χ4n) is 3.07. The molecule has 3 rings (SSSR count). The highest BCUT2D eigenvalue weighted by atomic mass is 16.6. The molecular formula is C20H21N3O6. The van der Waals surface area contributed by atoms with Gasteiger partial charge in [0.2, 0.25) is 0 Å². The van der Waals surface area contributed by atoms with Crippen molar-refractivity contribution >= 4 is 17.6 Å². The molecule has 0 bridgehead atoms. The first kappa shape index (κ1) is 20.1. The average molecular weight is 399 g/mol. The maximum Gasteiger partial charge on any atom is 0.325 e. The number of rotatable bonds is 8. The highest BCUT2D eigenvalue weighted by Crippen LogP contribution is 2.30. The number of nitro benzene ring substituents is 1. The summed E-state index contributed by atoms with van der Waals surface area (Å²) in [7, 11) is 0. The summed E-state index contributed by atoms with van der Waals surface area (Å²) in [6.07, 6.45) is 0. The third-order valence-electron chi connectivity index (χ3n) is 4.65. The number of urea groups is 1. The first-order valence-corrected chi connectivity index (χ1v) is 9.10. The monoisotopic (exact) mass is 399 g/mol. The Kier molecular flexibility index (Phi) is 5.67. The van der Waals surface area contributed by atoms with Crippen LogP contribution in [-0.4, -0.2) is 41.5 Å². The number of carbonyl (C=O) groups excluding carboxylic acids is 2. The lowest BCUT2D eigenvalue weighted by molar-refractivity contribution is -0.384. The lowest BCUT2D eigenvalue weighted by atomic mass is 9.92. The normalized spacial score (nSPS) is 18.5. The van der Waals surface area contributed by atoms with Crippen LogP contribution in [0.15, 0.2) is 48.5 Å². The fourth-order valence-corrected chi connectivity index (χ4v) is 3.07. The number of nitrogens with zero attached hydrogens (tertiary/aromatic N) is 2. The summed E-state index contributed by atoms with van der Waals surface area (Å²) >= 11 is 0. The van der Waals surface area contributed by atoms with Gasteiger partial charge in [-0.1, -0.05) is 0 Å². The number of non-ortho nitro benzene ring substituents is 1. The van der Waals surface area contributed by atoms with Crippen LogP contribution in [0.3, 0.4) is 0 Å². The number of hydrogen-bond acceptors (Lipinski definition) is 6. The van der Waals surface area contributed by atoms with Gasteiger partial charge in [-0.3, -0.25) is 19.8 Å². The molecule has 3 amide bonds. The zero-order chi connectivity index (χ0) is 21.0. The van der Waals surface area contributed by atoms with E-state index in [1.54, 1.807) is 31.2 Å². The lowest BCUT2D eigenvalue weighted by Gasteiger charge is -2.22. The van der Waals surface area contributed by atoms with Crippen LogP contribution >= 0.6 is 0 Å². The van der Waals surface area contributed by atoms with Crippen molar-refractivity contribution in [3.63, 3.8) is 0 Å². The molecule has 152 valence electrons. The van der Waals surface area contributed by atoms with Gasteiger partial charge in [0.15, 0.2) is 0 Å². The Morgan fingerprint density at radius 3 is 2.17 bits per heavy atom. The van der Waals surface area contributed by atoms with Gasteiger partial charge in [0.25, 0.3) is 11.6 Å². The first-order valence-electron chi connectivity index (χ1n) is 9.10. The molecule has 0 aromatic heterocycles. The Hall–Kier alpha value is -3.62. The molecule has 1 fully saturated rings.